The number of benzene rings is 1. The summed E-state index contributed by atoms with van der Waals surface area (Å²) >= 11 is 5.85. The van der Waals surface area contributed by atoms with Crippen molar-refractivity contribution in [2.45, 2.75) is 12.7 Å². The third kappa shape index (κ3) is 1.99. The number of aldehydes is 1. The highest BCUT2D eigenvalue weighted by Gasteiger charge is 2.29. The summed E-state index contributed by atoms with van der Waals surface area (Å²) in [5.74, 6) is -0.0936. The number of fused-ring (bicyclic) bond motifs is 1. The Bertz CT molecular complexity index is 640. The minimum absolute atomic E-state index is 0.0408. The molecule has 4 nitrogen and oxygen atoms in total. The Morgan fingerprint density at radius 2 is 2.11 bits per heavy atom. The number of aromatic nitrogens is 1. The summed E-state index contributed by atoms with van der Waals surface area (Å²) in [4.78, 5) is 14.7. The van der Waals surface area contributed by atoms with Gasteiger partial charge in [0.05, 0.1) is 6.61 Å². The minimum atomic E-state index is -0.286. The van der Waals surface area contributed by atoms with E-state index in [0.717, 1.165) is 11.1 Å². The summed E-state index contributed by atoms with van der Waals surface area (Å²) in [6.07, 6.45) is 1.82. The van der Waals surface area contributed by atoms with E-state index in [0.29, 0.717) is 16.9 Å². The van der Waals surface area contributed by atoms with E-state index in [1.807, 2.05) is 12.1 Å². The molecule has 1 atom stereocenters. The van der Waals surface area contributed by atoms with E-state index in [1.54, 1.807) is 18.3 Å². The van der Waals surface area contributed by atoms with E-state index in [1.165, 1.54) is 0 Å². The molecule has 1 aliphatic heterocycles. The highest BCUT2D eigenvalue weighted by molar-refractivity contribution is 6.30. The number of nitrogens with zero attached hydrogens (tertiary/aromatic N) is 1. The number of halogens is 1. The van der Waals surface area contributed by atoms with E-state index in [-0.39, 0.29) is 24.2 Å². The molecule has 0 radical (unpaired) electrons. The Hall–Kier alpha value is -1.91. The van der Waals surface area contributed by atoms with Crippen LogP contribution in [0.2, 0.25) is 5.02 Å². The van der Waals surface area contributed by atoms with Crippen molar-refractivity contribution >= 4 is 17.9 Å². The number of aromatic hydroxyl groups is 1. The first-order valence-corrected chi connectivity index (χ1v) is 6.11. The van der Waals surface area contributed by atoms with E-state index < -0.39 is 0 Å². The van der Waals surface area contributed by atoms with Gasteiger partial charge in [-0.15, -0.1) is 0 Å². The summed E-state index contributed by atoms with van der Waals surface area (Å²) in [5, 5.41) is 10.6. The van der Waals surface area contributed by atoms with Crippen molar-refractivity contribution in [2.24, 2.45) is 0 Å². The van der Waals surface area contributed by atoms with E-state index in [2.05, 4.69) is 4.98 Å². The number of ether oxygens (including phenoxy) is 1. The van der Waals surface area contributed by atoms with Gasteiger partial charge in [-0.3, -0.25) is 4.79 Å². The number of pyridine rings is 1. The number of hydrogen-bond donors (Lipinski definition) is 1. The topological polar surface area (TPSA) is 59.4 Å². The van der Waals surface area contributed by atoms with Crippen LogP contribution in [0.25, 0.3) is 0 Å². The third-order valence-electron chi connectivity index (χ3n) is 3.18. The first-order valence-electron chi connectivity index (χ1n) is 5.73. The predicted octanol–water partition coefficient (Wildman–Crippen LogP) is 2.87. The van der Waals surface area contributed by atoms with Gasteiger partial charge >= 0.3 is 0 Å². The zero-order valence-corrected chi connectivity index (χ0v) is 10.6. The quantitative estimate of drug-likeness (QED) is 0.856. The maximum Gasteiger partial charge on any atom is 0.172 e. The van der Waals surface area contributed by atoms with E-state index in [9.17, 15) is 9.90 Å². The maximum absolute atomic E-state index is 10.7. The van der Waals surface area contributed by atoms with Crippen LogP contribution in [0.4, 0.5) is 0 Å². The summed E-state index contributed by atoms with van der Waals surface area (Å²) in [5.41, 5.74) is 2.38. The third-order valence-corrected chi connectivity index (χ3v) is 3.43. The lowest BCUT2D eigenvalue weighted by molar-refractivity contribution is 0.0932. The van der Waals surface area contributed by atoms with Crippen molar-refractivity contribution < 1.29 is 14.6 Å². The van der Waals surface area contributed by atoms with Gasteiger partial charge in [0.25, 0.3) is 0 Å². The van der Waals surface area contributed by atoms with Gasteiger partial charge < -0.3 is 9.84 Å². The monoisotopic (exact) mass is 275 g/mol. The molecule has 1 aliphatic rings. The normalized spacial score (nSPS) is 17.2. The Morgan fingerprint density at radius 1 is 1.37 bits per heavy atom. The molecule has 0 saturated carbocycles. The van der Waals surface area contributed by atoms with Crippen LogP contribution in [0.1, 0.15) is 33.3 Å². The highest BCUT2D eigenvalue weighted by Crippen LogP contribution is 2.40. The second-order valence-electron chi connectivity index (χ2n) is 4.29. The molecule has 0 fully saturated rings. The van der Waals surface area contributed by atoms with Crippen molar-refractivity contribution in [1.29, 1.82) is 0 Å². The van der Waals surface area contributed by atoms with Crippen molar-refractivity contribution in [3.63, 3.8) is 0 Å². The molecular weight excluding hydrogens is 266 g/mol. The zero-order chi connectivity index (χ0) is 13.4. The lowest BCUT2D eigenvalue weighted by Gasteiger charge is -2.11. The lowest BCUT2D eigenvalue weighted by Crippen LogP contribution is -2.00. The van der Waals surface area contributed by atoms with Crippen LogP contribution in [0, 0.1) is 0 Å². The van der Waals surface area contributed by atoms with Crippen molar-refractivity contribution in [2.75, 3.05) is 0 Å². The second kappa shape index (κ2) is 4.64. The molecule has 1 N–H and O–H groups in total. The van der Waals surface area contributed by atoms with Crippen LogP contribution in [0.3, 0.4) is 0 Å². The smallest absolute Gasteiger partial charge is 0.172 e. The fourth-order valence-electron chi connectivity index (χ4n) is 2.20. The Balaban J connectivity index is 2.05. The van der Waals surface area contributed by atoms with Gasteiger partial charge in [0.1, 0.15) is 11.8 Å². The molecule has 19 heavy (non-hydrogen) atoms. The number of rotatable bonds is 2. The first-order chi connectivity index (χ1) is 9.20. The van der Waals surface area contributed by atoms with Crippen molar-refractivity contribution in [3.8, 4) is 5.75 Å². The molecule has 1 aromatic heterocycles. The molecule has 0 saturated heterocycles. The van der Waals surface area contributed by atoms with E-state index >= 15 is 0 Å². The molecule has 0 amide bonds. The van der Waals surface area contributed by atoms with Crippen LogP contribution >= 0.6 is 11.6 Å². The summed E-state index contributed by atoms with van der Waals surface area (Å²) in [7, 11) is 0. The molecule has 96 valence electrons. The maximum atomic E-state index is 10.7. The highest BCUT2D eigenvalue weighted by atomic mass is 35.5. The predicted molar refractivity (Wildman–Crippen MR) is 69.4 cm³/mol. The summed E-state index contributed by atoms with van der Waals surface area (Å²) < 4.78 is 5.67. The Morgan fingerprint density at radius 3 is 2.79 bits per heavy atom. The molecule has 1 unspecified atom stereocenters. The largest absolute Gasteiger partial charge is 0.505 e. The van der Waals surface area contributed by atoms with Crippen LogP contribution in [0.5, 0.6) is 5.75 Å². The lowest BCUT2D eigenvalue weighted by atomic mass is 10.0. The number of hydrogen-bond acceptors (Lipinski definition) is 4. The molecule has 5 heteroatoms. The molecule has 0 aliphatic carbocycles. The first kappa shape index (κ1) is 12.1. The number of carbonyl (C=O) groups excluding carboxylic acids is 1. The van der Waals surface area contributed by atoms with Gasteiger partial charge in [-0.2, -0.15) is 0 Å². The zero-order valence-electron chi connectivity index (χ0n) is 9.84. The van der Waals surface area contributed by atoms with Crippen LogP contribution in [-0.4, -0.2) is 16.4 Å². The summed E-state index contributed by atoms with van der Waals surface area (Å²) in [6, 6.07) is 7.30. The molecule has 1 aromatic carbocycles. The SMILES string of the molecule is O=Cc1ncc2c(c1O)COC2c1ccc(Cl)cc1. The molecular formula is C14H10ClNO3. The minimum Gasteiger partial charge on any atom is -0.505 e. The van der Waals surface area contributed by atoms with Gasteiger partial charge in [-0.1, -0.05) is 23.7 Å². The molecule has 2 aromatic rings. The average Bonchev–Trinajstić information content (AvgIpc) is 2.85. The van der Waals surface area contributed by atoms with Gasteiger partial charge in [0, 0.05) is 22.3 Å². The Labute approximate surface area is 114 Å². The fraction of sp³-hybridized carbons (Fsp3) is 0.143. The molecule has 3 rings (SSSR count). The van der Waals surface area contributed by atoms with Crippen LogP contribution < -0.4 is 0 Å². The van der Waals surface area contributed by atoms with E-state index in [4.69, 9.17) is 16.3 Å². The van der Waals surface area contributed by atoms with Gasteiger partial charge in [-0.25, -0.2) is 4.98 Å². The van der Waals surface area contributed by atoms with Gasteiger partial charge in [-0.05, 0) is 17.7 Å². The van der Waals surface area contributed by atoms with Crippen LogP contribution in [-0.2, 0) is 11.3 Å². The van der Waals surface area contributed by atoms with Crippen molar-refractivity contribution in [1.82, 2.24) is 4.98 Å². The molecule has 2 heterocycles. The second-order valence-corrected chi connectivity index (χ2v) is 4.72. The Kier molecular flexibility index (Phi) is 2.97. The number of carbonyl (C=O) groups is 1. The summed E-state index contributed by atoms with van der Waals surface area (Å²) in [6.45, 7) is 0.262. The standard InChI is InChI=1S/C14H10ClNO3/c15-9-3-1-8(2-4-9)14-10-5-16-12(6-17)13(18)11(10)7-19-14/h1-6,14,18H,7H2. The molecule has 0 spiro atoms. The van der Waals surface area contributed by atoms with Crippen LogP contribution in [0.15, 0.2) is 30.5 Å². The average molecular weight is 276 g/mol. The van der Waals surface area contributed by atoms with Gasteiger partial charge in [0.15, 0.2) is 12.0 Å². The van der Waals surface area contributed by atoms with Crippen molar-refractivity contribution in [3.05, 3.63) is 57.9 Å². The fourth-order valence-corrected chi connectivity index (χ4v) is 2.33. The molecule has 0 bridgehead atoms. The van der Waals surface area contributed by atoms with Gasteiger partial charge in [0.2, 0.25) is 0 Å².